The molecule has 0 spiro atoms. The van der Waals surface area contributed by atoms with Crippen molar-refractivity contribution in [3.63, 3.8) is 0 Å². The molecule has 0 fully saturated rings. The molecule has 7 heteroatoms. The first-order valence-electron chi connectivity index (χ1n) is 8.03. The Balaban J connectivity index is 1.99. The second-order valence-electron chi connectivity index (χ2n) is 5.78. The maximum absolute atomic E-state index is 12.2. The summed E-state index contributed by atoms with van der Waals surface area (Å²) in [6, 6.07) is 10.9. The molecule has 0 amide bonds. The van der Waals surface area contributed by atoms with Crippen LogP contribution in [0.25, 0.3) is 6.08 Å². The highest BCUT2D eigenvalue weighted by molar-refractivity contribution is 9.10. The lowest BCUT2D eigenvalue weighted by Gasteiger charge is -2.11. The number of carbonyl (C=O) groups is 2. The van der Waals surface area contributed by atoms with Crippen LogP contribution in [0.2, 0.25) is 0 Å². The Morgan fingerprint density at radius 1 is 1.26 bits per heavy atom. The number of carbonyl (C=O) groups excluding carboxylic acids is 2. The Kier molecular flexibility index (Phi) is 5.41. The normalized spacial score (nSPS) is 14.7. The summed E-state index contributed by atoms with van der Waals surface area (Å²) in [5, 5.41) is 0. The van der Waals surface area contributed by atoms with Crippen LogP contribution in [0.1, 0.15) is 23.6 Å². The number of aryl methyl sites for hydroxylation is 1. The van der Waals surface area contributed by atoms with Gasteiger partial charge >= 0.3 is 11.9 Å². The highest BCUT2D eigenvalue weighted by atomic mass is 79.9. The van der Waals surface area contributed by atoms with E-state index in [1.807, 2.05) is 31.2 Å². The van der Waals surface area contributed by atoms with Crippen molar-refractivity contribution in [1.29, 1.82) is 0 Å². The predicted molar refractivity (Wildman–Crippen MR) is 104 cm³/mol. The number of rotatable bonds is 4. The topological polar surface area (TPSA) is 74.2 Å². The molecule has 3 rings (SSSR count). The van der Waals surface area contributed by atoms with Gasteiger partial charge in [0.05, 0.1) is 11.6 Å². The monoisotopic (exact) mass is 429 g/mol. The van der Waals surface area contributed by atoms with E-state index < -0.39 is 11.9 Å². The third kappa shape index (κ3) is 4.09. The van der Waals surface area contributed by atoms with Crippen LogP contribution < -0.4 is 9.47 Å². The number of halogens is 1. The average molecular weight is 430 g/mol. The van der Waals surface area contributed by atoms with Gasteiger partial charge in [-0.05, 0) is 58.3 Å². The Hall–Kier alpha value is -2.93. The average Bonchev–Trinajstić information content (AvgIpc) is 2.97. The van der Waals surface area contributed by atoms with E-state index in [2.05, 4.69) is 20.9 Å². The number of hydrogen-bond donors (Lipinski definition) is 0. The van der Waals surface area contributed by atoms with Crippen molar-refractivity contribution in [1.82, 2.24) is 0 Å². The van der Waals surface area contributed by atoms with E-state index in [1.54, 1.807) is 18.2 Å². The maximum Gasteiger partial charge on any atom is 0.363 e. The van der Waals surface area contributed by atoms with Crippen molar-refractivity contribution in [2.75, 3.05) is 7.11 Å². The quantitative estimate of drug-likeness (QED) is 0.416. The summed E-state index contributed by atoms with van der Waals surface area (Å²) in [6.07, 6.45) is 1.58. The minimum Gasteiger partial charge on any atom is -0.493 e. The lowest BCUT2D eigenvalue weighted by atomic mass is 10.1. The molecule has 1 aliphatic heterocycles. The number of aliphatic imine (C=N–C) groups is 1. The molecule has 0 saturated carbocycles. The zero-order valence-electron chi connectivity index (χ0n) is 14.9. The minimum atomic E-state index is -0.535. The van der Waals surface area contributed by atoms with Gasteiger partial charge in [0.2, 0.25) is 5.90 Å². The molecule has 0 N–H and O–H groups in total. The summed E-state index contributed by atoms with van der Waals surface area (Å²) in [7, 11) is 1.46. The van der Waals surface area contributed by atoms with Gasteiger partial charge in [-0.15, -0.1) is 0 Å². The van der Waals surface area contributed by atoms with E-state index in [0.29, 0.717) is 15.8 Å². The van der Waals surface area contributed by atoms with Crippen LogP contribution in [0.3, 0.4) is 0 Å². The van der Waals surface area contributed by atoms with Gasteiger partial charge in [0, 0.05) is 12.5 Å². The number of esters is 2. The molecule has 6 nitrogen and oxygen atoms in total. The highest BCUT2D eigenvalue weighted by Gasteiger charge is 2.25. The van der Waals surface area contributed by atoms with Gasteiger partial charge in [-0.2, -0.15) is 0 Å². The molecule has 2 aromatic rings. The van der Waals surface area contributed by atoms with E-state index in [-0.39, 0.29) is 17.3 Å². The zero-order chi connectivity index (χ0) is 19.6. The van der Waals surface area contributed by atoms with Gasteiger partial charge in [-0.25, -0.2) is 9.79 Å². The summed E-state index contributed by atoms with van der Waals surface area (Å²) in [5.41, 5.74) is 2.53. The standard InChI is InChI=1S/C20H16BrNO5/c1-11-6-4-5-7-14(11)19-22-16(20(24)27-19)9-13-8-15(21)18(26-12(2)23)17(10-13)25-3/h4-10H,1-3H3. The van der Waals surface area contributed by atoms with Crippen molar-refractivity contribution in [3.8, 4) is 11.5 Å². The molecule has 1 heterocycles. The second-order valence-corrected chi connectivity index (χ2v) is 6.63. The van der Waals surface area contributed by atoms with E-state index >= 15 is 0 Å². The molecule has 0 atom stereocenters. The Morgan fingerprint density at radius 2 is 2.00 bits per heavy atom. The van der Waals surface area contributed by atoms with Crippen LogP contribution in [0.5, 0.6) is 11.5 Å². The van der Waals surface area contributed by atoms with Gasteiger partial charge in [-0.3, -0.25) is 4.79 Å². The van der Waals surface area contributed by atoms with Crippen molar-refractivity contribution in [2.45, 2.75) is 13.8 Å². The molecule has 1 aliphatic rings. The Morgan fingerprint density at radius 3 is 2.67 bits per heavy atom. The molecule has 0 saturated heterocycles. The smallest absolute Gasteiger partial charge is 0.363 e. The molecule has 0 aliphatic carbocycles. The zero-order valence-corrected chi connectivity index (χ0v) is 16.5. The molecule has 0 radical (unpaired) electrons. The number of benzene rings is 2. The molecular formula is C20H16BrNO5. The van der Waals surface area contributed by atoms with E-state index in [9.17, 15) is 9.59 Å². The van der Waals surface area contributed by atoms with Crippen molar-refractivity contribution >= 4 is 39.8 Å². The largest absolute Gasteiger partial charge is 0.493 e. The fourth-order valence-electron chi connectivity index (χ4n) is 2.56. The highest BCUT2D eigenvalue weighted by Crippen LogP contribution is 2.37. The van der Waals surface area contributed by atoms with Gasteiger partial charge in [0.1, 0.15) is 0 Å². The fourth-order valence-corrected chi connectivity index (χ4v) is 3.10. The number of cyclic esters (lactones) is 1. The maximum atomic E-state index is 12.2. The van der Waals surface area contributed by atoms with Crippen LogP contribution >= 0.6 is 15.9 Å². The number of nitrogens with zero attached hydrogens (tertiary/aromatic N) is 1. The third-order valence-corrected chi connectivity index (χ3v) is 4.39. The van der Waals surface area contributed by atoms with Crippen LogP contribution in [0, 0.1) is 6.92 Å². The fraction of sp³-hybridized carbons (Fsp3) is 0.150. The lowest BCUT2D eigenvalue weighted by Crippen LogP contribution is -2.06. The molecular weight excluding hydrogens is 414 g/mol. The predicted octanol–water partition coefficient (Wildman–Crippen LogP) is 4.04. The molecule has 0 bridgehead atoms. The first-order chi connectivity index (χ1) is 12.9. The Bertz CT molecular complexity index is 994. The summed E-state index contributed by atoms with van der Waals surface area (Å²) in [4.78, 5) is 27.8. The minimum absolute atomic E-state index is 0.169. The number of methoxy groups -OCH3 is 1. The van der Waals surface area contributed by atoms with E-state index in [0.717, 1.165) is 11.1 Å². The van der Waals surface area contributed by atoms with Gasteiger partial charge in [0.15, 0.2) is 17.2 Å². The second kappa shape index (κ2) is 7.75. The van der Waals surface area contributed by atoms with Crippen LogP contribution in [-0.2, 0) is 14.3 Å². The molecule has 2 aromatic carbocycles. The first kappa shape index (κ1) is 18.8. The molecule has 138 valence electrons. The SMILES string of the molecule is COc1cc(C=C2N=C(c3ccccc3C)OC2=O)cc(Br)c1OC(C)=O. The first-order valence-corrected chi connectivity index (χ1v) is 8.83. The number of ether oxygens (including phenoxy) is 3. The van der Waals surface area contributed by atoms with E-state index in [1.165, 1.54) is 14.0 Å². The summed E-state index contributed by atoms with van der Waals surface area (Å²) >= 11 is 3.35. The van der Waals surface area contributed by atoms with Crippen LogP contribution in [0.15, 0.2) is 51.6 Å². The van der Waals surface area contributed by atoms with E-state index in [4.69, 9.17) is 14.2 Å². The van der Waals surface area contributed by atoms with Crippen LogP contribution in [-0.4, -0.2) is 24.9 Å². The van der Waals surface area contributed by atoms with Gasteiger partial charge in [0.25, 0.3) is 0 Å². The van der Waals surface area contributed by atoms with Crippen molar-refractivity contribution < 1.29 is 23.8 Å². The van der Waals surface area contributed by atoms with Gasteiger partial charge < -0.3 is 14.2 Å². The third-order valence-electron chi connectivity index (χ3n) is 3.80. The van der Waals surface area contributed by atoms with Crippen molar-refractivity contribution in [3.05, 3.63) is 63.3 Å². The molecule has 27 heavy (non-hydrogen) atoms. The summed E-state index contributed by atoms with van der Waals surface area (Å²) in [6.45, 7) is 3.22. The van der Waals surface area contributed by atoms with Crippen LogP contribution in [0.4, 0.5) is 0 Å². The summed E-state index contributed by atoms with van der Waals surface area (Å²) in [5.74, 6) is -0.114. The number of hydrogen-bond acceptors (Lipinski definition) is 6. The van der Waals surface area contributed by atoms with Gasteiger partial charge in [-0.1, -0.05) is 18.2 Å². The lowest BCUT2D eigenvalue weighted by molar-refractivity contribution is -0.132. The molecule has 0 unspecified atom stereocenters. The van der Waals surface area contributed by atoms with Crippen molar-refractivity contribution in [2.24, 2.45) is 4.99 Å². The molecule has 0 aromatic heterocycles. The summed E-state index contributed by atoms with van der Waals surface area (Å²) < 4.78 is 16.2. The Labute approximate surface area is 164 Å².